The number of aromatic nitrogens is 8. The molecule has 11 heteroatoms. The van der Waals surface area contributed by atoms with E-state index in [1.54, 1.807) is 29.5 Å². The highest BCUT2D eigenvalue weighted by Gasteiger charge is 2.33. The van der Waals surface area contributed by atoms with Crippen molar-refractivity contribution >= 4 is 28.4 Å². The van der Waals surface area contributed by atoms with Crippen molar-refractivity contribution in [3.63, 3.8) is 0 Å². The van der Waals surface area contributed by atoms with Gasteiger partial charge < -0.3 is 9.80 Å². The monoisotopic (exact) mass is 422 g/mol. The normalized spacial score (nSPS) is 15.1. The van der Waals surface area contributed by atoms with Gasteiger partial charge in [-0.2, -0.15) is 14.6 Å². The molecule has 0 spiro atoms. The SMILES string of the molecule is CN(c1nc2c(cnn2C)c(=O)n1C)C1CN(c2ccc3nnc(C(C)(C)C)n3n2)C1. The molecule has 0 aliphatic carbocycles. The van der Waals surface area contributed by atoms with Crippen LogP contribution in [0.15, 0.2) is 23.1 Å². The Morgan fingerprint density at radius 3 is 2.58 bits per heavy atom. The average molecular weight is 422 g/mol. The van der Waals surface area contributed by atoms with E-state index in [-0.39, 0.29) is 17.0 Å². The Bertz CT molecular complexity index is 1350. The van der Waals surface area contributed by atoms with Gasteiger partial charge in [0, 0.05) is 39.6 Å². The molecule has 1 aliphatic heterocycles. The molecular formula is C20H26N10O. The van der Waals surface area contributed by atoms with Gasteiger partial charge in [-0.15, -0.1) is 15.3 Å². The van der Waals surface area contributed by atoms with Gasteiger partial charge in [-0.1, -0.05) is 20.8 Å². The molecule has 0 aromatic carbocycles. The quantitative estimate of drug-likeness (QED) is 0.476. The number of rotatable bonds is 3. The summed E-state index contributed by atoms with van der Waals surface area (Å²) in [5, 5.41) is 18.0. The summed E-state index contributed by atoms with van der Waals surface area (Å²) in [5.74, 6) is 2.34. The maximum atomic E-state index is 12.7. The summed E-state index contributed by atoms with van der Waals surface area (Å²) in [4.78, 5) is 21.7. The number of likely N-dealkylation sites (N-methyl/N-ethyl adjacent to an activating group) is 1. The number of hydrogen-bond acceptors (Lipinski definition) is 8. The topological polar surface area (TPSA) is 102 Å². The second-order valence-electron chi connectivity index (χ2n) is 9.19. The Labute approximate surface area is 178 Å². The summed E-state index contributed by atoms with van der Waals surface area (Å²) in [5.41, 5.74) is 1.09. The van der Waals surface area contributed by atoms with Gasteiger partial charge in [-0.25, -0.2) is 0 Å². The Morgan fingerprint density at radius 2 is 1.87 bits per heavy atom. The Kier molecular flexibility index (Phi) is 4.08. The summed E-state index contributed by atoms with van der Waals surface area (Å²) < 4.78 is 5.05. The van der Waals surface area contributed by atoms with Crippen molar-refractivity contribution in [3.8, 4) is 0 Å². The molecule has 162 valence electrons. The van der Waals surface area contributed by atoms with Gasteiger partial charge >= 0.3 is 0 Å². The molecule has 1 saturated heterocycles. The largest absolute Gasteiger partial charge is 0.351 e. The molecule has 0 bridgehead atoms. The first kappa shape index (κ1) is 19.5. The van der Waals surface area contributed by atoms with Crippen LogP contribution in [-0.4, -0.2) is 65.3 Å². The van der Waals surface area contributed by atoms with Crippen molar-refractivity contribution in [2.75, 3.05) is 29.9 Å². The summed E-state index contributed by atoms with van der Waals surface area (Å²) in [6.45, 7) is 7.86. The summed E-state index contributed by atoms with van der Waals surface area (Å²) in [6.07, 6.45) is 1.57. The van der Waals surface area contributed by atoms with Gasteiger partial charge in [0.15, 0.2) is 17.1 Å². The van der Waals surface area contributed by atoms with E-state index in [1.807, 2.05) is 23.7 Å². The number of anilines is 2. The maximum absolute atomic E-state index is 12.7. The van der Waals surface area contributed by atoms with Gasteiger partial charge in [0.25, 0.3) is 5.56 Å². The second-order valence-corrected chi connectivity index (χ2v) is 9.19. The van der Waals surface area contributed by atoms with Crippen molar-refractivity contribution in [3.05, 3.63) is 34.5 Å². The lowest BCUT2D eigenvalue weighted by Gasteiger charge is -2.45. The fourth-order valence-electron chi connectivity index (χ4n) is 3.94. The first-order chi connectivity index (χ1) is 14.6. The van der Waals surface area contributed by atoms with Crippen LogP contribution in [0.25, 0.3) is 16.7 Å². The number of nitrogens with zero attached hydrogens (tertiary/aromatic N) is 10. The lowest BCUT2D eigenvalue weighted by atomic mass is 9.96. The molecule has 5 rings (SSSR count). The van der Waals surface area contributed by atoms with Gasteiger partial charge in [0.05, 0.1) is 12.2 Å². The highest BCUT2D eigenvalue weighted by Crippen LogP contribution is 2.26. The van der Waals surface area contributed by atoms with Crippen LogP contribution in [0.5, 0.6) is 0 Å². The number of aryl methyl sites for hydroxylation is 1. The predicted molar refractivity (Wildman–Crippen MR) is 118 cm³/mol. The van der Waals surface area contributed by atoms with Crippen molar-refractivity contribution in [2.24, 2.45) is 14.1 Å². The van der Waals surface area contributed by atoms with E-state index in [9.17, 15) is 4.79 Å². The minimum absolute atomic E-state index is 0.0921. The highest BCUT2D eigenvalue weighted by atomic mass is 16.1. The third-order valence-electron chi connectivity index (χ3n) is 5.92. The molecule has 1 fully saturated rings. The minimum atomic E-state index is -0.149. The third kappa shape index (κ3) is 2.94. The van der Waals surface area contributed by atoms with Crippen molar-refractivity contribution in [1.29, 1.82) is 0 Å². The molecule has 0 unspecified atom stereocenters. The fourth-order valence-corrected chi connectivity index (χ4v) is 3.94. The second kappa shape index (κ2) is 6.50. The first-order valence-electron chi connectivity index (χ1n) is 10.2. The van der Waals surface area contributed by atoms with Crippen LogP contribution in [0.2, 0.25) is 0 Å². The molecule has 0 amide bonds. The minimum Gasteiger partial charge on any atom is -0.351 e. The molecule has 11 nitrogen and oxygen atoms in total. The number of fused-ring (bicyclic) bond motifs is 2. The van der Waals surface area contributed by atoms with Crippen LogP contribution < -0.4 is 15.4 Å². The van der Waals surface area contributed by atoms with Crippen LogP contribution in [0, 0.1) is 0 Å². The van der Waals surface area contributed by atoms with Crippen LogP contribution in [0.1, 0.15) is 26.6 Å². The lowest BCUT2D eigenvalue weighted by Crippen LogP contribution is -2.60. The van der Waals surface area contributed by atoms with Gasteiger partial charge in [0.1, 0.15) is 11.2 Å². The van der Waals surface area contributed by atoms with Crippen LogP contribution in [-0.2, 0) is 19.5 Å². The van der Waals surface area contributed by atoms with E-state index < -0.39 is 0 Å². The molecule has 0 radical (unpaired) electrons. The zero-order chi connectivity index (χ0) is 22.1. The van der Waals surface area contributed by atoms with Gasteiger partial charge in [-0.05, 0) is 12.1 Å². The van der Waals surface area contributed by atoms with Crippen molar-refractivity contribution < 1.29 is 0 Å². The molecular weight excluding hydrogens is 396 g/mol. The zero-order valence-electron chi connectivity index (χ0n) is 18.6. The fraction of sp³-hybridized carbons (Fsp3) is 0.500. The Morgan fingerprint density at radius 1 is 1.13 bits per heavy atom. The Hall–Kier alpha value is -3.50. The molecule has 4 aromatic heterocycles. The lowest BCUT2D eigenvalue weighted by molar-refractivity contribution is 0.476. The molecule has 5 heterocycles. The van der Waals surface area contributed by atoms with Crippen LogP contribution >= 0.6 is 0 Å². The molecule has 31 heavy (non-hydrogen) atoms. The zero-order valence-corrected chi connectivity index (χ0v) is 18.6. The predicted octanol–water partition coefficient (Wildman–Crippen LogP) is 0.727. The third-order valence-corrected chi connectivity index (χ3v) is 5.92. The molecule has 0 saturated carbocycles. The van der Waals surface area contributed by atoms with Crippen molar-refractivity contribution in [2.45, 2.75) is 32.2 Å². The average Bonchev–Trinajstić information content (AvgIpc) is 3.26. The number of hydrogen-bond donors (Lipinski definition) is 0. The van der Waals surface area contributed by atoms with E-state index in [1.165, 1.54) is 0 Å². The standard InChI is InChI=1S/C20H26N10O/c1-20(2,3)18-24-23-14-7-8-15(25-30(14)18)29-10-12(11-29)26(4)19-22-16-13(9-21-28(16)6)17(31)27(19)5/h7-9,12H,10-11H2,1-6H3. The molecule has 4 aromatic rings. The van der Waals surface area contributed by atoms with Crippen LogP contribution in [0.3, 0.4) is 0 Å². The van der Waals surface area contributed by atoms with E-state index >= 15 is 0 Å². The van der Waals surface area contributed by atoms with E-state index in [0.29, 0.717) is 17.0 Å². The summed E-state index contributed by atoms with van der Waals surface area (Å²) in [7, 11) is 5.52. The van der Waals surface area contributed by atoms with Gasteiger partial charge in [0.2, 0.25) is 5.95 Å². The van der Waals surface area contributed by atoms with E-state index in [0.717, 1.165) is 30.4 Å². The summed E-state index contributed by atoms with van der Waals surface area (Å²) >= 11 is 0. The highest BCUT2D eigenvalue weighted by molar-refractivity contribution is 5.74. The molecule has 0 N–H and O–H groups in total. The first-order valence-corrected chi connectivity index (χ1v) is 10.2. The van der Waals surface area contributed by atoms with E-state index in [2.05, 4.69) is 45.9 Å². The van der Waals surface area contributed by atoms with Crippen LogP contribution in [0.4, 0.5) is 11.8 Å². The van der Waals surface area contributed by atoms with Gasteiger partial charge in [-0.3, -0.25) is 14.0 Å². The summed E-state index contributed by atoms with van der Waals surface area (Å²) in [6, 6.07) is 4.13. The molecule has 1 aliphatic rings. The maximum Gasteiger partial charge on any atom is 0.265 e. The van der Waals surface area contributed by atoms with E-state index in [4.69, 9.17) is 10.1 Å². The van der Waals surface area contributed by atoms with Crippen molar-refractivity contribution in [1.82, 2.24) is 39.1 Å². The Balaban J connectivity index is 1.40. The smallest absolute Gasteiger partial charge is 0.265 e. The molecule has 0 atom stereocenters.